The first-order valence-corrected chi connectivity index (χ1v) is 23.0. The lowest BCUT2D eigenvalue weighted by atomic mass is 9.94. The van der Waals surface area contributed by atoms with Crippen LogP contribution in [0.5, 0.6) is 0 Å². The van der Waals surface area contributed by atoms with Crippen molar-refractivity contribution in [2.24, 2.45) is 23.5 Å². The van der Waals surface area contributed by atoms with Gasteiger partial charge in [-0.2, -0.15) is 0 Å². The number of benzene rings is 1. The zero-order valence-corrected chi connectivity index (χ0v) is 40.6. The minimum atomic E-state index is -1.01. The van der Waals surface area contributed by atoms with Gasteiger partial charge in [-0.15, -0.1) is 0 Å². The molecule has 21 heteroatoms. The van der Waals surface area contributed by atoms with E-state index in [-0.39, 0.29) is 114 Å². The van der Waals surface area contributed by atoms with Crippen LogP contribution in [-0.2, 0) is 63.8 Å². The number of likely N-dealkylation sites (tertiary alicyclic amines) is 1. The Kier molecular flexibility index (Phi) is 27.2. The molecule has 1 unspecified atom stereocenters. The number of primary amides is 1. The van der Waals surface area contributed by atoms with Gasteiger partial charge < -0.3 is 59.9 Å². The fourth-order valence-electron chi connectivity index (χ4n) is 6.45. The summed E-state index contributed by atoms with van der Waals surface area (Å²) < 4.78 is 32.6. The summed E-state index contributed by atoms with van der Waals surface area (Å²) >= 11 is 0. The lowest BCUT2D eigenvalue weighted by Gasteiger charge is -2.25. The summed E-state index contributed by atoms with van der Waals surface area (Å²) in [5.74, 6) is -2.72. The molecule has 1 aromatic rings. The molecule has 0 aliphatic carbocycles. The Morgan fingerprint density at radius 1 is 0.731 bits per heavy atom. The van der Waals surface area contributed by atoms with Crippen molar-refractivity contribution in [1.29, 1.82) is 0 Å². The zero-order valence-electron chi connectivity index (χ0n) is 40.6. The van der Waals surface area contributed by atoms with E-state index in [1.54, 1.807) is 66.1 Å². The predicted molar refractivity (Wildman–Crippen MR) is 246 cm³/mol. The van der Waals surface area contributed by atoms with Crippen molar-refractivity contribution in [3.05, 3.63) is 29.8 Å². The number of likely N-dealkylation sites (N-methyl/N-ethyl adjacent to an activating group) is 2. The van der Waals surface area contributed by atoms with Crippen molar-refractivity contribution in [3.8, 4) is 0 Å². The predicted octanol–water partition coefficient (Wildman–Crippen LogP) is 2.83. The van der Waals surface area contributed by atoms with Gasteiger partial charge in [-0.1, -0.05) is 46.2 Å². The topological polar surface area (TPSA) is 264 Å². The number of carbonyl (C=O) groups is 8. The van der Waals surface area contributed by atoms with Crippen LogP contribution in [0.1, 0.15) is 85.6 Å². The molecular weight excluding hydrogens is 875 g/mol. The minimum absolute atomic E-state index is 0.0188. The number of rotatable bonds is 33. The molecule has 5 N–H and O–H groups in total. The number of hydrogen-bond donors (Lipinski definition) is 4. The number of unbranched alkanes of at least 4 members (excludes halogenated alkanes) is 1. The fourth-order valence-corrected chi connectivity index (χ4v) is 6.45. The fraction of sp³-hybridized carbons (Fsp3) is 0.696. The molecule has 1 fully saturated rings. The average molecular weight is 950 g/mol. The van der Waals surface area contributed by atoms with Crippen molar-refractivity contribution in [3.63, 3.8) is 0 Å². The van der Waals surface area contributed by atoms with Gasteiger partial charge in [-0.05, 0) is 56.2 Å². The first-order valence-electron chi connectivity index (χ1n) is 23.0. The molecule has 0 aromatic heterocycles. The average Bonchev–Trinajstić information content (AvgIpc) is 3.56. The molecule has 8 amide bonds. The van der Waals surface area contributed by atoms with E-state index < -0.39 is 47.9 Å². The summed E-state index contributed by atoms with van der Waals surface area (Å²) in [6.07, 6.45) is 0.0266. The molecule has 1 aromatic carbocycles. The van der Waals surface area contributed by atoms with E-state index in [2.05, 4.69) is 16.0 Å². The zero-order chi connectivity index (χ0) is 49.9. The minimum Gasteiger partial charge on any atom is -0.447 e. The number of nitrogens with two attached hydrogens (primary N) is 1. The van der Waals surface area contributed by atoms with Crippen LogP contribution in [0.15, 0.2) is 24.3 Å². The van der Waals surface area contributed by atoms with Crippen molar-refractivity contribution in [2.45, 2.75) is 105 Å². The van der Waals surface area contributed by atoms with E-state index in [0.717, 1.165) is 0 Å². The van der Waals surface area contributed by atoms with Gasteiger partial charge in [0.2, 0.25) is 35.4 Å². The van der Waals surface area contributed by atoms with Gasteiger partial charge in [0.05, 0.1) is 65.5 Å². The molecule has 378 valence electrons. The third-order valence-corrected chi connectivity index (χ3v) is 10.5. The molecule has 21 nitrogen and oxygen atoms in total. The second-order valence-electron chi connectivity index (χ2n) is 17.2. The summed E-state index contributed by atoms with van der Waals surface area (Å²) in [7, 11) is 3.13. The monoisotopic (exact) mass is 950 g/mol. The second-order valence-corrected chi connectivity index (χ2v) is 17.2. The molecule has 3 atom stereocenters. The van der Waals surface area contributed by atoms with Crippen LogP contribution in [0.25, 0.3) is 0 Å². The Balaban J connectivity index is 1.73. The highest BCUT2D eigenvalue weighted by atomic mass is 16.6. The maximum atomic E-state index is 13.5. The van der Waals surface area contributed by atoms with Gasteiger partial charge in [0, 0.05) is 58.1 Å². The molecule has 1 heterocycles. The number of carbonyl (C=O) groups excluding carboxylic acids is 8. The number of amides is 8. The molecule has 1 saturated heterocycles. The van der Waals surface area contributed by atoms with Crippen molar-refractivity contribution < 1.29 is 66.8 Å². The normalized spacial score (nSPS) is 14.6. The third-order valence-electron chi connectivity index (χ3n) is 10.5. The Labute approximate surface area is 394 Å². The van der Waals surface area contributed by atoms with E-state index in [1.807, 2.05) is 13.8 Å². The largest absolute Gasteiger partial charge is 0.447 e. The van der Waals surface area contributed by atoms with E-state index in [1.165, 1.54) is 14.7 Å². The highest BCUT2D eigenvalue weighted by Crippen LogP contribution is 2.26. The van der Waals surface area contributed by atoms with Gasteiger partial charge in [-0.3, -0.25) is 33.7 Å². The molecule has 0 radical (unpaired) electrons. The van der Waals surface area contributed by atoms with Crippen molar-refractivity contribution in [2.75, 3.05) is 91.9 Å². The van der Waals surface area contributed by atoms with Crippen LogP contribution in [0.2, 0.25) is 0 Å². The van der Waals surface area contributed by atoms with Crippen molar-refractivity contribution >= 4 is 53.3 Å². The number of anilines is 1. The van der Waals surface area contributed by atoms with Crippen LogP contribution in [0.4, 0.5) is 15.3 Å². The first kappa shape index (κ1) is 57.7. The SMILES string of the molecule is CC(C)OC(=O)N(C)CCN(C)C(=O)OCc1ccc(NC(=O)[C@H](CCCCC(N)=O)NC(=O)[C@@H](NC(=O)CCOCCOCCOCCOCCN2C(=O)CC(C(C)C)C2=O)C(C)C)cc1. The number of hydrogen-bond acceptors (Lipinski definition) is 14. The van der Waals surface area contributed by atoms with Crippen LogP contribution in [-0.4, -0.2) is 167 Å². The third kappa shape index (κ3) is 23.3. The maximum Gasteiger partial charge on any atom is 0.409 e. The standard InChI is InChI=1S/C46H75N7O14/c1-31(2)36-29-40(56)53(44(36)59)20-22-63-24-26-65-28-27-64-25-23-62-21-17-39(55)50-41(32(3)4)43(58)49-37(11-9-10-12-38(47)54)42(57)48-35-15-13-34(14-16-35)30-66-45(60)51(7)18-19-52(8)46(61)67-33(5)6/h13-16,31-33,36-37,41H,9-12,17-30H2,1-8H3,(H2,47,54)(H,48,57)(H,49,58)(H,50,55)/t36?,37-,41-/m0/s1. The van der Waals surface area contributed by atoms with Crippen LogP contribution in [0, 0.1) is 17.8 Å². The van der Waals surface area contributed by atoms with Gasteiger partial charge in [0.1, 0.15) is 18.7 Å². The molecule has 67 heavy (non-hydrogen) atoms. The lowest BCUT2D eigenvalue weighted by molar-refractivity contribution is -0.140. The number of ether oxygens (including phenoxy) is 6. The van der Waals surface area contributed by atoms with Gasteiger partial charge in [0.25, 0.3) is 0 Å². The summed E-state index contributed by atoms with van der Waals surface area (Å²) in [4.78, 5) is 104. The van der Waals surface area contributed by atoms with Crippen LogP contribution in [0.3, 0.4) is 0 Å². The Bertz CT molecular complexity index is 1730. The second kappa shape index (κ2) is 31.6. The molecule has 1 aliphatic rings. The quantitative estimate of drug-likeness (QED) is 0.0584. The van der Waals surface area contributed by atoms with Gasteiger partial charge >= 0.3 is 12.2 Å². The molecule has 0 saturated carbocycles. The lowest BCUT2D eigenvalue weighted by Crippen LogP contribution is -2.54. The molecule has 0 spiro atoms. The summed E-state index contributed by atoms with van der Waals surface area (Å²) in [6.45, 7) is 13.7. The van der Waals surface area contributed by atoms with Gasteiger partial charge in [-0.25, -0.2) is 9.59 Å². The Morgan fingerprint density at radius 3 is 1.84 bits per heavy atom. The first-order chi connectivity index (χ1) is 31.8. The van der Waals surface area contributed by atoms with E-state index in [4.69, 9.17) is 34.2 Å². The van der Waals surface area contributed by atoms with Gasteiger partial charge in [0.15, 0.2) is 0 Å². The molecular formula is C46H75N7O14. The highest BCUT2D eigenvalue weighted by molar-refractivity contribution is 6.03. The number of nitrogens with one attached hydrogen (secondary N) is 3. The van der Waals surface area contributed by atoms with E-state index in [9.17, 15) is 38.4 Å². The van der Waals surface area contributed by atoms with Crippen LogP contribution < -0.4 is 21.7 Å². The van der Waals surface area contributed by atoms with Crippen molar-refractivity contribution in [1.82, 2.24) is 25.3 Å². The van der Waals surface area contributed by atoms with Crippen LogP contribution >= 0.6 is 0 Å². The Hall–Kier alpha value is -5.38. The Morgan fingerprint density at radius 2 is 1.30 bits per heavy atom. The summed E-state index contributed by atoms with van der Waals surface area (Å²) in [6, 6.07) is 4.64. The summed E-state index contributed by atoms with van der Waals surface area (Å²) in [5, 5.41) is 8.31. The molecule has 0 bridgehead atoms. The highest BCUT2D eigenvalue weighted by Gasteiger charge is 2.39. The smallest absolute Gasteiger partial charge is 0.409 e. The van der Waals surface area contributed by atoms with E-state index >= 15 is 0 Å². The van der Waals surface area contributed by atoms with E-state index in [0.29, 0.717) is 50.5 Å². The molecule has 2 rings (SSSR count). The summed E-state index contributed by atoms with van der Waals surface area (Å²) in [5.41, 5.74) is 6.36. The number of imide groups is 1. The maximum absolute atomic E-state index is 13.5. The number of nitrogens with zero attached hydrogens (tertiary/aromatic N) is 3. The molecule has 1 aliphatic heterocycles.